The Morgan fingerprint density at radius 1 is 1.29 bits per heavy atom. The summed E-state index contributed by atoms with van der Waals surface area (Å²) in [7, 11) is 1.63. The molecule has 21 heavy (non-hydrogen) atoms. The van der Waals surface area contributed by atoms with Gasteiger partial charge < -0.3 is 14.7 Å². The number of benzene rings is 1. The standard InChI is InChI=1S/C17H21NO3/c1-21-16-5-3-2-4-12(16)6-9-17(20)18-13-7-8-14(18)11-15(19)10-13/h2-6,9,13-15,19H,7-8,10-11H2,1H3. The molecule has 0 aliphatic carbocycles. The molecule has 1 amide bonds. The smallest absolute Gasteiger partial charge is 0.247 e. The second-order valence-electron chi connectivity index (χ2n) is 5.83. The number of carbonyl (C=O) groups excluding carboxylic acids is 1. The van der Waals surface area contributed by atoms with Crippen LogP contribution in [0.5, 0.6) is 5.75 Å². The predicted octanol–water partition coefficient (Wildman–Crippen LogP) is 2.22. The Labute approximate surface area is 125 Å². The van der Waals surface area contributed by atoms with Crippen LogP contribution in [0, 0.1) is 0 Å². The predicted molar refractivity (Wildman–Crippen MR) is 80.9 cm³/mol. The number of nitrogens with zero attached hydrogens (tertiary/aromatic N) is 1. The van der Waals surface area contributed by atoms with E-state index in [2.05, 4.69) is 0 Å². The van der Waals surface area contributed by atoms with Gasteiger partial charge in [0.1, 0.15) is 5.75 Å². The summed E-state index contributed by atoms with van der Waals surface area (Å²) in [5, 5.41) is 9.79. The average molecular weight is 287 g/mol. The molecule has 2 saturated heterocycles. The average Bonchev–Trinajstić information content (AvgIpc) is 2.77. The van der Waals surface area contributed by atoms with Crippen molar-refractivity contribution < 1.29 is 14.6 Å². The van der Waals surface area contributed by atoms with Gasteiger partial charge in [0, 0.05) is 23.7 Å². The van der Waals surface area contributed by atoms with E-state index in [-0.39, 0.29) is 24.1 Å². The van der Waals surface area contributed by atoms with Gasteiger partial charge in [-0.25, -0.2) is 0 Å². The Morgan fingerprint density at radius 2 is 1.95 bits per heavy atom. The van der Waals surface area contributed by atoms with Gasteiger partial charge in [0.2, 0.25) is 5.91 Å². The summed E-state index contributed by atoms with van der Waals surface area (Å²) in [5.41, 5.74) is 0.901. The molecule has 4 heteroatoms. The first-order valence-electron chi connectivity index (χ1n) is 7.50. The molecule has 2 fully saturated rings. The van der Waals surface area contributed by atoms with Crippen molar-refractivity contribution in [3.63, 3.8) is 0 Å². The monoisotopic (exact) mass is 287 g/mol. The molecule has 1 aromatic rings. The molecule has 2 unspecified atom stereocenters. The first-order valence-corrected chi connectivity index (χ1v) is 7.50. The Balaban J connectivity index is 1.73. The summed E-state index contributed by atoms with van der Waals surface area (Å²) in [5.74, 6) is 0.805. The van der Waals surface area contributed by atoms with Crippen LogP contribution in [0.3, 0.4) is 0 Å². The fourth-order valence-electron chi connectivity index (χ4n) is 3.56. The lowest BCUT2D eigenvalue weighted by Crippen LogP contribution is -2.47. The van der Waals surface area contributed by atoms with Gasteiger partial charge >= 0.3 is 0 Å². The molecule has 2 heterocycles. The van der Waals surface area contributed by atoms with Crippen molar-refractivity contribution in [3.8, 4) is 5.75 Å². The maximum absolute atomic E-state index is 12.5. The molecule has 0 radical (unpaired) electrons. The highest BCUT2D eigenvalue weighted by atomic mass is 16.5. The number of ether oxygens (including phenoxy) is 1. The Morgan fingerprint density at radius 3 is 2.62 bits per heavy atom. The molecule has 4 nitrogen and oxygen atoms in total. The number of amides is 1. The first-order chi connectivity index (χ1) is 10.2. The molecule has 112 valence electrons. The highest BCUT2D eigenvalue weighted by molar-refractivity contribution is 5.92. The van der Waals surface area contributed by atoms with E-state index in [4.69, 9.17) is 4.74 Å². The van der Waals surface area contributed by atoms with Crippen molar-refractivity contribution in [2.45, 2.75) is 43.9 Å². The molecule has 0 aromatic heterocycles. The fraction of sp³-hybridized carbons (Fsp3) is 0.471. The number of aliphatic hydroxyl groups excluding tert-OH is 1. The van der Waals surface area contributed by atoms with Crippen LogP contribution in [0.15, 0.2) is 30.3 Å². The summed E-state index contributed by atoms with van der Waals surface area (Å²) in [6, 6.07) is 8.04. The van der Waals surface area contributed by atoms with Crippen LogP contribution in [0.25, 0.3) is 6.08 Å². The molecular weight excluding hydrogens is 266 g/mol. The molecule has 0 saturated carbocycles. The lowest BCUT2D eigenvalue weighted by molar-refractivity contribution is -0.131. The minimum absolute atomic E-state index is 0.0420. The maximum Gasteiger partial charge on any atom is 0.247 e. The van der Waals surface area contributed by atoms with Crippen LogP contribution in [0.2, 0.25) is 0 Å². The second-order valence-corrected chi connectivity index (χ2v) is 5.83. The minimum Gasteiger partial charge on any atom is -0.496 e. The van der Waals surface area contributed by atoms with Crippen LogP contribution in [0.1, 0.15) is 31.2 Å². The van der Waals surface area contributed by atoms with E-state index in [1.165, 1.54) is 0 Å². The summed E-state index contributed by atoms with van der Waals surface area (Å²) in [6.45, 7) is 0. The molecule has 0 spiro atoms. The number of rotatable bonds is 3. The highest BCUT2D eigenvalue weighted by Crippen LogP contribution is 2.36. The van der Waals surface area contributed by atoms with Gasteiger partial charge in [-0.3, -0.25) is 4.79 Å². The summed E-state index contributed by atoms with van der Waals surface area (Å²) < 4.78 is 5.28. The number of para-hydroxylation sites is 1. The van der Waals surface area contributed by atoms with Crippen molar-refractivity contribution in [2.75, 3.05) is 7.11 Å². The first kappa shape index (κ1) is 14.1. The number of carbonyl (C=O) groups is 1. The van der Waals surface area contributed by atoms with E-state index in [0.717, 1.165) is 24.2 Å². The van der Waals surface area contributed by atoms with Crippen molar-refractivity contribution in [1.82, 2.24) is 4.90 Å². The molecule has 2 aliphatic rings. The van der Waals surface area contributed by atoms with Crippen molar-refractivity contribution in [1.29, 1.82) is 0 Å². The van der Waals surface area contributed by atoms with Crippen LogP contribution in [-0.2, 0) is 4.79 Å². The highest BCUT2D eigenvalue weighted by Gasteiger charge is 2.41. The molecule has 3 rings (SSSR count). The zero-order valence-electron chi connectivity index (χ0n) is 12.2. The molecule has 1 N–H and O–H groups in total. The molecule has 2 bridgehead atoms. The largest absolute Gasteiger partial charge is 0.496 e. The van der Waals surface area contributed by atoms with Crippen molar-refractivity contribution in [2.24, 2.45) is 0 Å². The minimum atomic E-state index is -0.246. The number of methoxy groups -OCH3 is 1. The van der Waals surface area contributed by atoms with E-state index in [0.29, 0.717) is 12.8 Å². The van der Waals surface area contributed by atoms with Gasteiger partial charge in [0.05, 0.1) is 13.2 Å². The van der Waals surface area contributed by atoms with Gasteiger partial charge in [0.15, 0.2) is 0 Å². The van der Waals surface area contributed by atoms with Gasteiger partial charge in [-0.05, 0) is 37.8 Å². The van der Waals surface area contributed by atoms with Crippen LogP contribution < -0.4 is 4.74 Å². The van der Waals surface area contributed by atoms with Gasteiger partial charge in [-0.15, -0.1) is 0 Å². The van der Waals surface area contributed by atoms with Gasteiger partial charge in [-0.2, -0.15) is 0 Å². The quantitative estimate of drug-likeness (QED) is 0.867. The normalized spacial score (nSPS) is 28.1. The van der Waals surface area contributed by atoms with Crippen LogP contribution in [-0.4, -0.2) is 41.2 Å². The topological polar surface area (TPSA) is 49.8 Å². The third-order valence-corrected chi connectivity index (χ3v) is 4.51. The summed E-state index contributed by atoms with van der Waals surface area (Å²) >= 11 is 0. The number of fused-ring (bicyclic) bond motifs is 2. The van der Waals surface area contributed by atoms with Crippen LogP contribution in [0.4, 0.5) is 0 Å². The Bertz CT molecular complexity index is 541. The molecule has 2 atom stereocenters. The van der Waals surface area contributed by atoms with Crippen molar-refractivity contribution >= 4 is 12.0 Å². The number of hydrogen-bond acceptors (Lipinski definition) is 3. The van der Waals surface area contributed by atoms with E-state index in [1.54, 1.807) is 13.2 Å². The lowest BCUT2D eigenvalue weighted by atomic mass is 10.00. The third kappa shape index (κ3) is 2.81. The van der Waals surface area contributed by atoms with Crippen LogP contribution >= 0.6 is 0 Å². The second kappa shape index (κ2) is 5.90. The molecular formula is C17H21NO3. The lowest BCUT2D eigenvalue weighted by Gasteiger charge is -2.36. The number of aliphatic hydroxyl groups is 1. The maximum atomic E-state index is 12.5. The summed E-state index contributed by atoms with van der Waals surface area (Å²) in [6.07, 6.45) is 6.64. The van der Waals surface area contributed by atoms with E-state index in [1.807, 2.05) is 35.2 Å². The number of hydrogen-bond donors (Lipinski definition) is 1. The summed E-state index contributed by atoms with van der Waals surface area (Å²) in [4.78, 5) is 14.4. The molecule has 1 aromatic carbocycles. The Hall–Kier alpha value is -1.81. The molecule has 2 aliphatic heterocycles. The van der Waals surface area contributed by atoms with E-state index < -0.39 is 0 Å². The van der Waals surface area contributed by atoms with Crippen molar-refractivity contribution in [3.05, 3.63) is 35.9 Å². The Kier molecular flexibility index (Phi) is 3.97. The SMILES string of the molecule is COc1ccccc1C=CC(=O)N1C2CCC1CC(O)C2. The zero-order valence-corrected chi connectivity index (χ0v) is 12.2. The van der Waals surface area contributed by atoms with E-state index in [9.17, 15) is 9.90 Å². The number of piperidine rings is 1. The van der Waals surface area contributed by atoms with E-state index >= 15 is 0 Å². The zero-order chi connectivity index (χ0) is 14.8. The third-order valence-electron chi connectivity index (χ3n) is 4.51. The van der Waals surface area contributed by atoms with Gasteiger partial charge in [-0.1, -0.05) is 18.2 Å². The van der Waals surface area contributed by atoms with Gasteiger partial charge in [0.25, 0.3) is 0 Å². The fourth-order valence-corrected chi connectivity index (χ4v) is 3.56.